The molecule has 1 unspecified atom stereocenters. The van der Waals surface area contributed by atoms with Gasteiger partial charge in [0.1, 0.15) is 6.04 Å². The fourth-order valence-electron chi connectivity index (χ4n) is 6.75. The SMILES string of the molecule is NC(=O)c1ccc(N2CC(N3CC(N4CCN(c5ccc6c(c5)C(=O)N(C5CCC(=O)NC5=O)C6=O)CC4)C3)C2)cc1. The van der Waals surface area contributed by atoms with Gasteiger partial charge in [0, 0.05) is 87.8 Å². The maximum absolute atomic E-state index is 13.2. The molecular weight excluding hydrogens is 538 g/mol. The average molecular weight is 572 g/mol. The van der Waals surface area contributed by atoms with Crippen LogP contribution in [-0.2, 0) is 9.59 Å². The molecule has 0 spiro atoms. The van der Waals surface area contributed by atoms with E-state index < -0.39 is 29.7 Å². The Labute approximate surface area is 243 Å². The summed E-state index contributed by atoms with van der Waals surface area (Å²) in [5, 5.41) is 2.23. The number of rotatable bonds is 6. The molecule has 0 saturated carbocycles. The summed E-state index contributed by atoms with van der Waals surface area (Å²) in [6.07, 6.45) is 0.250. The van der Waals surface area contributed by atoms with Crippen LogP contribution in [0.2, 0.25) is 0 Å². The second-order valence-electron chi connectivity index (χ2n) is 11.8. The maximum Gasteiger partial charge on any atom is 0.262 e. The van der Waals surface area contributed by atoms with Gasteiger partial charge in [-0.2, -0.15) is 0 Å². The molecule has 5 aliphatic rings. The molecule has 3 N–H and O–H groups in total. The number of anilines is 2. The molecule has 218 valence electrons. The second-order valence-corrected chi connectivity index (χ2v) is 11.8. The van der Waals surface area contributed by atoms with Crippen molar-refractivity contribution in [3.8, 4) is 0 Å². The summed E-state index contributed by atoms with van der Waals surface area (Å²) < 4.78 is 0. The van der Waals surface area contributed by atoms with E-state index in [4.69, 9.17) is 5.73 Å². The number of amides is 5. The third-order valence-electron chi connectivity index (χ3n) is 9.41. The van der Waals surface area contributed by atoms with Crippen LogP contribution in [0.15, 0.2) is 42.5 Å². The topological polar surface area (TPSA) is 140 Å². The number of primary amides is 1. The number of benzene rings is 2. The Bertz CT molecular complexity index is 1470. The van der Waals surface area contributed by atoms with Crippen LogP contribution in [0, 0.1) is 0 Å². The summed E-state index contributed by atoms with van der Waals surface area (Å²) in [5.74, 6) is -2.35. The molecule has 0 bridgehead atoms. The van der Waals surface area contributed by atoms with Gasteiger partial charge in [-0.05, 0) is 48.9 Å². The van der Waals surface area contributed by atoms with Crippen molar-refractivity contribution >= 4 is 40.9 Å². The molecule has 5 amide bonds. The molecule has 12 heteroatoms. The van der Waals surface area contributed by atoms with E-state index in [0.29, 0.717) is 28.8 Å². The minimum Gasteiger partial charge on any atom is -0.369 e. The van der Waals surface area contributed by atoms with E-state index in [-0.39, 0.29) is 18.7 Å². The van der Waals surface area contributed by atoms with Gasteiger partial charge in [0.25, 0.3) is 11.8 Å². The lowest BCUT2D eigenvalue weighted by molar-refractivity contribution is -0.136. The van der Waals surface area contributed by atoms with Crippen molar-refractivity contribution in [3.63, 3.8) is 0 Å². The van der Waals surface area contributed by atoms with Gasteiger partial charge in [-0.15, -0.1) is 0 Å². The van der Waals surface area contributed by atoms with Crippen molar-refractivity contribution in [2.45, 2.75) is 31.0 Å². The van der Waals surface area contributed by atoms with Crippen LogP contribution in [0.3, 0.4) is 0 Å². The van der Waals surface area contributed by atoms with E-state index in [1.807, 2.05) is 18.2 Å². The van der Waals surface area contributed by atoms with Gasteiger partial charge in [0.15, 0.2) is 0 Å². The molecule has 7 rings (SSSR count). The smallest absolute Gasteiger partial charge is 0.262 e. The minimum absolute atomic E-state index is 0.102. The number of piperidine rings is 1. The van der Waals surface area contributed by atoms with Gasteiger partial charge >= 0.3 is 0 Å². The van der Waals surface area contributed by atoms with Gasteiger partial charge < -0.3 is 15.5 Å². The lowest BCUT2D eigenvalue weighted by Crippen LogP contribution is -2.71. The molecule has 5 aliphatic heterocycles. The van der Waals surface area contributed by atoms with Crippen LogP contribution in [0.1, 0.15) is 43.9 Å². The van der Waals surface area contributed by atoms with Crippen molar-refractivity contribution in [2.75, 3.05) is 62.2 Å². The Morgan fingerprint density at radius 3 is 2.05 bits per heavy atom. The Hall–Kier alpha value is -4.29. The Morgan fingerprint density at radius 1 is 0.738 bits per heavy atom. The number of carbonyl (C=O) groups is 5. The number of nitrogens with two attached hydrogens (primary N) is 1. The first-order valence-electron chi connectivity index (χ1n) is 14.5. The zero-order valence-electron chi connectivity index (χ0n) is 23.2. The summed E-state index contributed by atoms with van der Waals surface area (Å²) in [5.41, 5.74) is 8.50. The van der Waals surface area contributed by atoms with E-state index in [2.05, 4.69) is 24.9 Å². The zero-order chi connectivity index (χ0) is 29.1. The summed E-state index contributed by atoms with van der Waals surface area (Å²) in [6, 6.07) is 12.9. The molecule has 5 heterocycles. The van der Waals surface area contributed by atoms with Crippen molar-refractivity contribution in [1.29, 1.82) is 0 Å². The summed E-state index contributed by atoms with van der Waals surface area (Å²) in [4.78, 5) is 72.0. The van der Waals surface area contributed by atoms with E-state index in [9.17, 15) is 24.0 Å². The number of piperazine rings is 1. The van der Waals surface area contributed by atoms with E-state index in [1.54, 1.807) is 24.3 Å². The molecule has 12 nitrogen and oxygen atoms in total. The number of likely N-dealkylation sites (tertiary alicyclic amines) is 1. The van der Waals surface area contributed by atoms with Crippen LogP contribution >= 0.6 is 0 Å². The van der Waals surface area contributed by atoms with Crippen LogP contribution < -0.4 is 20.9 Å². The third-order valence-corrected chi connectivity index (χ3v) is 9.41. The summed E-state index contributed by atoms with van der Waals surface area (Å²) in [6.45, 7) is 7.59. The van der Waals surface area contributed by atoms with Crippen molar-refractivity contribution in [2.24, 2.45) is 5.73 Å². The van der Waals surface area contributed by atoms with Gasteiger partial charge in [-0.3, -0.25) is 44.0 Å². The van der Waals surface area contributed by atoms with Gasteiger partial charge in [-0.25, -0.2) is 0 Å². The molecule has 0 aromatic heterocycles. The number of hydrogen-bond donors (Lipinski definition) is 2. The Kier molecular flexibility index (Phi) is 6.47. The monoisotopic (exact) mass is 571 g/mol. The second kappa shape index (κ2) is 10.2. The number of nitrogens with zero attached hydrogens (tertiary/aromatic N) is 5. The number of hydrogen-bond acceptors (Lipinski definition) is 9. The van der Waals surface area contributed by atoms with Crippen molar-refractivity contribution in [3.05, 3.63) is 59.2 Å². The van der Waals surface area contributed by atoms with Crippen LogP contribution in [0.4, 0.5) is 11.4 Å². The van der Waals surface area contributed by atoms with E-state index in [1.165, 1.54) is 0 Å². The predicted octanol–water partition coefficient (Wildman–Crippen LogP) is -0.118. The molecule has 1 atom stereocenters. The van der Waals surface area contributed by atoms with Crippen molar-refractivity contribution in [1.82, 2.24) is 20.0 Å². The Balaban J connectivity index is 0.899. The number of nitrogens with one attached hydrogen (secondary N) is 1. The molecular formula is C30H33N7O5. The number of imide groups is 2. The molecule has 4 fully saturated rings. The van der Waals surface area contributed by atoms with Crippen LogP contribution in [-0.4, -0.2) is 115 Å². The zero-order valence-corrected chi connectivity index (χ0v) is 23.2. The molecule has 0 radical (unpaired) electrons. The van der Waals surface area contributed by atoms with Gasteiger partial charge in [-0.1, -0.05) is 0 Å². The minimum atomic E-state index is -0.957. The van der Waals surface area contributed by atoms with E-state index >= 15 is 0 Å². The normalized spacial score (nSPS) is 24.0. The first-order valence-corrected chi connectivity index (χ1v) is 14.5. The standard InChI is InChI=1S/C30H33N7O5/c31-27(39)18-1-3-19(4-2-18)35-16-22(17-35)36-14-21(15-36)34-11-9-33(10-12-34)20-5-6-23-24(13-20)30(42)37(29(23)41)25-7-8-26(38)32-28(25)40/h1-6,13,21-22,25H,7-12,14-17H2,(H2,31,39)(H,32,38,40). The fourth-order valence-corrected chi connectivity index (χ4v) is 6.75. The number of carbonyl (C=O) groups excluding carboxylic acids is 5. The summed E-state index contributed by atoms with van der Waals surface area (Å²) in [7, 11) is 0. The van der Waals surface area contributed by atoms with E-state index in [0.717, 1.165) is 68.6 Å². The highest BCUT2D eigenvalue weighted by atomic mass is 16.2. The van der Waals surface area contributed by atoms with Gasteiger partial charge in [0.2, 0.25) is 17.7 Å². The molecule has 42 heavy (non-hydrogen) atoms. The number of fused-ring (bicyclic) bond motifs is 1. The Morgan fingerprint density at radius 2 is 1.38 bits per heavy atom. The van der Waals surface area contributed by atoms with Crippen LogP contribution in [0.5, 0.6) is 0 Å². The first kappa shape index (κ1) is 26.6. The average Bonchev–Trinajstić information content (AvgIpc) is 3.18. The molecule has 2 aromatic carbocycles. The first-order chi connectivity index (χ1) is 20.3. The quantitative estimate of drug-likeness (QED) is 0.455. The highest BCUT2D eigenvalue weighted by molar-refractivity contribution is 6.23. The molecule has 4 saturated heterocycles. The van der Waals surface area contributed by atoms with Crippen LogP contribution in [0.25, 0.3) is 0 Å². The highest BCUT2D eigenvalue weighted by Gasteiger charge is 2.45. The largest absolute Gasteiger partial charge is 0.369 e. The lowest BCUT2D eigenvalue weighted by Gasteiger charge is -2.55. The maximum atomic E-state index is 13.2. The predicted molar refractivity (Wildman–Crippen MR) is 153 cm³/mol. The molecule has 2 aromatic rings. The highest BCUT2D eigenvalue weighted by Crippen LogP contribution is 2.32. The summed E-state index contributed by atoms with van der Waals surface area (Å²) >= 11 is 0. The van der Waals surface area contributed by atoms with Crippen molar-refractivity contribution < 1.29 is 24.0 Å². The lowest BCUT2D eigenvalue weighted by atomic mass is 9.97. The molecule has 0 aliphatic carbocycles. The van der Waals surface area contributed by atoms with Gasteiger partial charge in [0.05, 0.1) is 11.1 Å². The fraction of sp³-hybridized carbons (Fsp3) is 0.433. The third kappa shape index (κ3) is 4.51.